The van der Waals surface area contributed by atoms with Crippen LogP contribution < -0.4 is 5.76 Å². The van der Waals surface area contributed by atoms with Crippen molar-refractivity contribution < 1.29 is 17.6 Å². The lowest BCUT2D eigenvalue weighted by Gasteiger charge is -2.34. The molecule has 5 rings (SSSR count). The summed E-state index contributed by atoms with van der Waals surface area (Å²) in [5.41, 5.74) is 2.29. The van der Waals surface area contributed by atoms with Gasteiger partial charge in [-0.1, -0.05) is 0 Å². The zero-order chi connectivity index (χ0) is 21.8. The molecule has 0 spiro atoms. The van der Waals surface area contributed by atoms with Gasteiger partial charge in [-0.3, -0.25) is 9.36 Å². The van der Waals surface area contributed by atoms with Crippen LogP contribution in [0.15, 0.2) is 62.8 Å². The van der Waals surface area contributed by atoms with E-state index in [9.17, 15) is 18.0 Å². The average Bonchev–Trinajstić information content (AvgIpc) is 3.36. The number of H-pyrrole nitrogens is 1. The zero-order valence-corrected chi connectivity index (χ0v) is 17.6. The summed E-state index contributed by atoms with van der Waals surface area (Å²) in [5.74, 6) is -0.665. The number of benzene rings is 2. The summed E-state index contributed by atoms with van der Waals surface area (Å²) in [5, 5.41) is 0.954. The fourth-order valence-electron chi connectivity index (χ4n) is 3.92. The molecule has 10 heteroatoms. The lowest BCUT2D eigenvalue weighted by atomic mass is 10.1. The van der Waals surface area contributed by atoms with Crippen LogP contribution in [0.2, 0.25) is 0 Å². The number of fused-ring (bicyclic) bond motifs is 2. The van der Waals surface area contributed by atoms with Crippen molar-refractivity contribution in [1.82, 2.24) is 18.8 Å². The molecule has 31 heavy (non-hydrogen) atoms. The summed E-state index contributed by atoms with van der Waals surface area (Å²) >= 11 is 0. The molecule has 0 radical (unpaired) electrons. The third kappa shape index (κ3) is 3.24. The van der Waals surface area contributed by atoms with Gasteiger partial charge < -0.3 is 14.3 Å². The molecule has 2 aromatic heterocycles. The molecule has 1 saturated heterocycles. The molecule has 3 heterocycles. The Labute approximate surface area is 177 Å². The van der Waals surface area contributed by atoms with Crippen molar-refractivity contribution in [3.8, 4) is 0 Å². The van der Waals surface area contributed by atoms with Crippen LogP contribution in [0, 0.1) is 0 Å². The molecule has 0 atom stereocenters. The number of oxazole rings is 1. The van der Waals surface area contributed by atoms with Gasteiger partial charge in [0.2, 0.25) is 10.0 Å². The van der Waals surface area contributed by atoms with Crippen molar-refractivity contribution in [2.75, 3.05) is 26.2 Å². The molecule has 0 bridgehead atoms. The van der Waals surface area contributed by atoms with Gasteiger partial charge in [-0.2, -0.15) is 4.31 Å². The van der Waals surface area contributed by atoms with Gasteiger partial charge in [0.15, 0.2) is 5.58 Å². The lowest BCUT2D eigenvalue weighted by molar-refractivity contribution is 0.0698. The van der Waals surface area contributed by atoms with Gasteiger partial charge in [-0.25, -0.2) is 13.2 Å². The monoisotopic (exact) mass is 440 g/mol. The van der Waals surface area contributed by atoms with Gasteiger partial charge in [0.25, 0.3) is 5.91 Å². The average molecular weight is 440 g/mol. The molecule has 1 N–H and O–H groups in total. The van der Waals surface area contributed by atoms with Gasteiger partial charge in [0.05, 0.1) is 10.4 Å². The highest BCUT2D eigenvalue weighted by atomic mass is 32.2. The molecule has 4 aromatic rings. The minimum atomic E-state index is -3.77. The van der Waals surface area contributed by atoms with E-state index in [0.29, 0.717) is 24.2 Å². The van der Waals surface area contributed by atoms with Crippen LogP contribution in [0.3, 0.4) is 0 Å². The van der Waals surface area contributed by atoms with Gasteiger partial charge in [-0.05, 0) is 36.4 Å². The number of nitrogens with zero attached hydrogens (tertiary/aromatic N) is 3. The van der Waals surface area contributed by atoms with Crippen molar-refractivity contribution in [3.63, 3.8) is 0 Å². The van der Waals surface area contributed by atoms with E-state index in [0.717, 1.165) is 10.9 Å². The van der Waals surface area contributed by atoms with Crippen LogP contribution in [-0.2, 0) is 17.1 Å². The number of piperazine rings is 1. The van der Waals surface area contributed by atoms with Crippen LogP contribution in [0.25, 0.3) is 22.0 Å². The van der Waals surface area contributed by atoms with E-state index >= 15 is 0 Å². The third-order valence-corrected chi connectivity index (χ3v) is 7.62. The number of aromatic amines is 1. The van der Waals surface area contributed by atoms with Crippen LogP contribution in [0.4, 0.5) is 0 Å². The summed E-state index contributed by atoms with van der Waals surface area (Å²) in [6.07, 6.45) is 1.82. The number of nitrogens with one attached hydrogen (secondary N) is 1. The Morgan fingerprint density at radius 2 is 1.81 bits per heavy atom. The van der Waals surface area contributed by atoms with Crippen LogP contribution in [0.5, 0.6) is 0 Å². The minimum absolute atomic E-state index is 0.0621. The number of sulfonamides is 1. The summed E-state index contributed by atoms with van der Waals surface area (Å²) in [7, 11) is -2.21. The predicted molar refractivity (Wildman–Crippen MR) is 114 cm³/mol. The fraction of sp³-hybridized carbons (Fsp3) is 0.238. The van der Waals surface area contributed by atoms with E-state index in [1.165, 1.54) is 21.0 Å². The second kappa shape index (κ2) is 7.10. The van der Waals surface area contributed by atoms with Crippen LogP contribution in [-0.4, -0.2) is 59.3 Å². The van der Waals surface area contributed by atoms with Crippen molar-refractivity contribution in [3.05, 3.63) is 64.8 Å². The number of hydrogen-bond donors (Lipinski definition) is 1. The highest BCUT2D eigenvalue weighted by molar-refractivity contribution is 7.89. The van der Waals surface area contributed by atoms with E-state index < -0.39 is 15.8 Å². The van der Waals surface area contributed by atoms with Crippen molar-refractivity contribution in [2.24, 2.45) is 7.05 Å². The van der Waals surface area contributed by atoms with E-state index in [-0.39, 0.29) is 29.5 Å². The number of amides is 1. The van der Waals surface area contributed by atoms with Crippen LogP contribution in [0.1, 0.15) is 10.4 Å². The fourth-order valence-corrected chi connectivity index (χ4v) is 5.36. The maximum atomic E-state index is 13.1. The first-order valence-corrected chi connectivity index (χ1v) is 11.2. The molecule has 2 aromatic carbocycles. The molecular weight excluding hydrogens is 420 g/mol. The minimum Gasteiger partial charge on any atom is -0.408 e. The Hall–Kier alpha value is -3.37. The molecule has 1 amide bonds. The summed E-state index contributed by atoms with van der Waals surface area (Å²) in [4.78, 5) is 29.4. The maximum Gasteiger partial charge on any atom is 0.419 e. The molecule has 9 nitrogen and oxygen atoms in total. The Bertz CT molecular complexity index is 1470. The SMILES string of the molecule is Cn1c(=O)oc2cc(S(=O)(=O)N3CCN(C(=O)c4ccc5[nH]ccc5c4)CC3)ccc21. The largest absolute Gasteiger partial charge is 0.419 e. The number of aromatic nitrogens is 2. The topological polar surface area (TPSA) is 109 Å². The Balaban J connectivity index is 1.33. The molecule has 1 aliphatic rings. The standard InChI is InChI=1S/C21H20N4O5S/c1-23-18-5-3-16(13-19(18)30-21(23)27)31(28,29)25-10-8-24(9-11-25)20(26)15-2-4-17-14(12-15)6-7-22-17/h2-7,12-13,22H,8-11H2,1H3. The number of carbonyl (C=O) groups excluding carboxylic acids is 1. The van der Waals surface area contributed by atoms with E-state index in [4.69, 9.17) is 4.42 Å². The summed E-state index contributed by atoms with van der Waals surface area (Å²) in [6, 6.07) is 11.8. The first-order valence-electron chi connectivity index (χ1n) is 9.81. The first kappa shape index (κ1) is 19.6. The Morgan fingerprint density at radius 1 is 1.03 bits per heavy atom. The van der Waals surface area contributed by atoms with E-state index in [1.807, 2.05) is 24.4 Å². The van der Waals surface area contributed by atoms with Crippen molar-refractivity contribution in [2.45, 2.75) is 4.90 Å². The molecule has 0 aliphatic carbocycles. The number of rotatable bonds is 3. The van der Waals surface area contributed by atoms with Crippen molar-refractivity contribution >= 4 is 37.9 Å². The highest BCUT2D eigenvalue weighted by Crippen LogP contribution is 2.23. The van der Waals surface area contributed by atoms with Gasteiger partial charge >= 0.3 is 5.76 Å². The smallest absolute Gasteiger partial charge is 0.408 e. The van der Waals surface area contributed by atoms with E-state index in [2.05, 4.69) is 4.98 Å². The van der Waals surface area contributed by atoms with Gasteiger partial charge in [-0.15, -0.1) is 0 Å². The van der Waals surface area contributed by atoms with Crippen molar-refractivity contribution in [1.29, 1.82) is 0 Å². The molecule has 0 saturated carbocycles. The normalized spacial score (nSPS) is 15.7. The second-order valence-electron chi connectivity index (χ2n) is 7.53. The number of carbonyl (C=O) groups is 1. The maximum absolute atomic E-state index is 13.1. The van der Waals surface area contributed by atoms with Gasteiger partial charge in [0, 0.05) is 62.0 Å². The second-order valence-corrected chi connectivity index (χ2v) is 9.47. The quantitative estimate of drug-likeness (QED) is 0.522. The van der Waals surface area contributed by atoms with Crippen LogP contribution >= 0.6 is 0 Å². The predicted octanol–water partition coefficient (Wildman–Crippen LogP) is 1.76. The molecule has 160 valence electrons. The highest BCUT2D eigenvalue weighted by Gasteiger charge is 2.31. The molecular formula is C21H20N4O5S. The summed E-state index contributed by atoms with van der Waals surface area (Å²) in [6.45, 7) is 0.978. The zero-order valence-electron chi connectivity index (χ0n) is 16.7. The number of aryl methyl sites for hydroxylation is 1. The summed E-state index contributed by atoms with van der Waals surface area (Å²) < 4.78 is 33.9. The first-order chi connectivity index (χ1) is 14.8. The third-order valence-electron chi connectivity index (χ3n) is 5.73. The Morgan fingerprint density at radius 3 is 2.58 bits per heavy atom. The van der Waals surface area contributed by atoms with E-state index in [1.54, 1.807) is 24.1 Å². The molecule has 1 aliphatic heterocycles. The molecule has 1 fully saturated rings. The number of hydrogen-bond acceptors (Lipinski definition) is 5. The molecule has 0 unspecified atom stereocenters. The van der Waals surface area contributed by atoms with Gasteiger partial charge in [0.1, 0.15) is 0 Å². The lowest BCUT2D eigenvalue weighted by Crippen LogP contribution is -2.50. The Kier molecular flexibility index (Phi) is 4.49.